The highest BCUT2D eigenvalue weighted by molar-refractivity contribution is 5.84. The van der Waals surface area contributed by atoms with Crippen molar-refractivity contribution in [3.63, 3.8) is 0 Å². The predicted molar refractivity (Wildman–Crippen MR) is 289 cm³/mol. The van der Waals surface area contributed by atoms with Crippen molar-refractivity contribution < 1.29 is 47.7 Å². The minimum atomic E-state index is -0.999. The lowest BCUT2D eigenvalue weighted by molar-refractivity contribution is -0.174. The molecule has 2 heterocycles. The van der Waals surface area contributed by atoms with Crippen LogP contribution >= 0.6 is 0 Å². The van der Waals surface area contributed by atoms with Gasteiger partial charge in [-0.1, -0.05) is 212 Å². The molecule has 7 aromatic rings. The molecule has 0 aliphatic carbocycles. The molecule has 0 saturated carbocycles. The van der Waals surface area contributed by atoms with Crippen LogP contribution < -0.4 is 0 Å². The van der Waals surface area contributed by atoms with Crippen molar-refractivity contribution in [2.75, 3.05) is 13.1 Å². The molecule has 13 heteroatoms. The lowest BCUT2D eigenvalue weighted by Crippen LogP contribution is -2.54. The first-order valence-electron chi connectivity index (χ1n) is 26.4. The number of morpholine rings is 2. The molecule has 0 bridgehead atoms. The second-order valence-electron chi connectivity index (χ2n) is 19.2. The van der Waals surface area contributed by atoms with Gasteiger partial charge in [0.2, 0.25) is 0 Å². The van der Waals surface area contributed by atoms with Gasteiger partial charge in [0.15, 0.2) is 12.2 Å². The number of amides is 3. The van der Waals surface area contributed by atoms with E-state index in [0.29, 0.717) is 25.7 Å². The van der Waals surface area contributed by atoms with Crippen molar-refractivity contribution >= 4 is 30.2 Å². The van der Waals surface area contributed by atoms with Crippen LogP contribution in [-0.2, 0) is 53.1 Å². The molecule has 3 amide bonds. The third-order valence-corrected chi connectivity index (χ3v) is 14.0. The van der Waals surface area contributed by atoms with E-state index in [1.165, 1.54) is 9.80 Å². The number of hydrogen-bond donors (Lipinski definition) is 0. The van der Waals surface area contributed by atoms with Gasteiger partial charge >= 0.3 is 30.2 Å². The topological polar surface area (TPSA) is 141 Å². The van der Waals surface area contributed by atoms with Gasteiger partial charge in [0, 0.05) is 13.1 Å². The van der Waals surface area contributed by atoms with Crippen molar-refractivity contribution in [3.05, 3.63) is 251 Å². The summed E-state index contributed by atoms with van der Waals surface area (Å²) in [6.45, 7) is 0.609. The molecular weight excluding hydrogens is 971 g/mol. The van der Waals surface area contributed by atoms with Gasteiger partial charge in [-0.05, 0) is 77.5 Å². The average molecular weight is 1030 g/mol. The zero-order chi connectivity index (χ0) is 53.2. The molecule has 0 N–H and O–H groups in total. The first-order chi connectivity index (χ1) is 37.8. The van der Waals surface area contributed by atoms with Crippen molar-refractivity contribution in [3.8, 4) is 0 Å². The summed E-state index contributed by atoms with van der Waals surface area (Å²) < 4.78 is 30.4. The normalized spacial score (nSPS) is 19.1. The standard InChI is InChI=1S/C64H63N3O10/c68-60-54(66(63(71)74-45-48-28-10-2-11-29-48)56(50-32-14-4-15-33-50)58(76-60)52-36-18-6-19-37-52)40-22-24-42-65(62(70)73-44-47-26-8-1-9-27-47)43-25-23-41-55-61(69)77-59(53-38-20-7-21-39-53)57(51-34-16-5-17-35-51)67(55)64(72)75-46-49-30-12-3-13-31-49/h1-21,26-39,54-59H,22-25,40-46H2/t54-,55-,56-,57-,58+,59+/m0/s1. The molecule has 0 spiro atoms. The lowest BCUT2D eigenvalue weighted by atomic mass is 9.90. The maximum Gasteiger partial charge on any atom is 0.411 e. The largest absolute Gasteiger partial charge is 0.453 e. The van der Waals surface area contributed by atoms with Crippen LogP contribution in [0.4, 0.5) is 14.4 Å². The quantitative estimate of drug-likeness (QED) is 0.0411. The maximum atomic E-state index is 14.5. The zero-order valence-corrected chi connectivity index (χ0v) is 42.9. The fourth-order valence-electron chi connectivity index (χ4n) is 10.2. The summed E-state index contributed by atoms with van der Waals surface area (Å²) in [6, 6.07) is 62.6. The van der Waals surface area contributed by atoms with Gasteiger partial charge in [0.1, 0.15) is 44.0 Å². The highest BCUT2D eigenvalue weighted by Gasteiger charge is 2.50. The van der Waals surface area contributed by atoms with Gasteiger partial charge in [-0.3, -0.25) is 9.80 Å². The molecule has 0 aromatic heterocycles. The molecule has 6 atom stereocenters. The zero-order valence-electron chi connectivity index (χ0n) is 42.9. The highest BCUT2D eigenvalue weighted by Crippen LogP contribution is 2.45. The second kappa shape index (κ2) is 26.7. The number of carbonyl (C=O) groups excluding carboxylic acids is 5. The molecule has 2 fully saturated rings. The first kappa shape index (κ1) is 53.1. The number of esters is 2. The summed E-state index contributed by atoms with van der Waals surface area (Å²) in [5, 5.41) is 0. The van der Waals surface area contributed by atoms with Crippen molar-refractivity contribution in [2.24, 2.45) is 0 Å². The SMILES string of the molecule is O=C1O[C@H](c2ccccc2)[C@H](c2ccccc2)N(C(=O)OCc2ccccc2)[C@H]1CCCCN(CCCC[C@H]1C(=O)O[C@H](c2ccccc2)[C@H](c2ccccc2)N1C(=O)OCc1ccccc1)C(=O)OCc1ccccc1. The van der Waals surface area contributed by atoms with Gasteiger partial charge in [-0.15, -0.1) is 0 Å². The lowest BCUT2D eigenvalue weighted by Gasteiger charge is -2.44. The maximum absolute atomic E-state index is 14.5. The summed E-state index contributed by atoms with van der Waals surface area (Å²) in [4.78, 5) is 76.2. The fourth-order valence-corrected chi connectivity index (χ4v) is 10.2. The van der Waals surface area contributed by atoms with E-state index >= 15 is 0 Å². The average Bonchev–Trinajstić information content (AvgIpc) is 3.49. The number of ether oxygens (including phenoxy) is 5. The molecule has 0 unspecified atom stereocenters. The van der Waals surface area contributed by atoms with E-state index in [1.807, 2.05) is 212 Å². The van der Waals surface area contributed by atoms with E-state index < -0.39 is 66.6 Å². The Morgan fingerprint density at radius 3 is 1.03 bits per heavy atom. The molecule has 394 valence electrons. The Morgan fingerprint density at radius 2 is 0.688 bits per heavy atom. The summed E-state index contributed by atoms with van der Waals surface area (Å²) in [5.74, 6) is -1.10. The summed E-state index contributed by atoms with van der Waals surface area (Å²) in [5.41, 5.74) is 5.47. The Morgan fingerprint density at radius 1 is 0.390 bits per heavy atom. The Labute approximate surface area is 449 Å². The first-order valence-corrected chi connectivity index (χ1v) is 26.4. The molecule has 2 aliphatic heterocycles. The molecule has 9 rings (SSSR count). The Balaban J connectivity index is 0.916. The fraction of sp³-hybridized carbons (Fsp3) is 0.266. The minimum absolute atomic E-state index is 0.00955. The van der Waals surface area contributed by atoms with Crippen LogP contribution in [0, 0.1) is 0 Å². The smallest absolute Gasteiger partial charge is 0.411 e. The molecule has 2 saturated heterocycles. The summed E-state index contributed by atoms with van der Waals surface area (Å²) in [7, 11) is 0. The van der Waals surface area contributed by atoms with Crippen molar-refractivity contribution in [2.45, 2.75) is 94.7 Å². The van der Waals surface area contributed by atoms with E-state index in [-0.39, 0.29) is 45.8 Å². The number of hydrogen-bond acceptors (Lipinski definition) is 10. The minimum Gasteiger partial charge on any atom is -0.453 e. The van der Waals surface area contributed by atoms with Crippen LogP contribution in [0.15, 0.2) is 212 Å². The Hall–Kier alpha value is -8.71. The number of unbranched alkanes of at least 4 members (excludes halogenated alkanes) is 2. The van der Waals surface area contributed by atoms with Gasteiger partial charge < -0.3 is 28.6 Å². The molecule has 13 nitrogen and oxygen atoms in total. The van der Waals surface area contributed by atoms with Crippen LogP contribution in [-0.4, -0.2) is 70.1 Å². The van der Waals surface area contributed by atoms with Gasteiger partial charge in [0.25, 0.3) is 0 Å². The Kier molecular flexibility index (Phi) is 18.4. The van der Waals surface area contributed by atoms with Gasteiger partial charge in [-0.25, -0.2) is 24.0 Å². The number of benzene rings is 7. The van der Waals surface area contributed by atoms with Gasteiger partial charge in [0.05, 0.1) is 0 Å². The van der Waals surface area contributed by atoms with Crippen molar-refractivity contribution in [1.82, 2.24) is 14.7 Å². The molecule has 2 aliphatic rings. The van der Waals surface area contributed by atoms with Gasteiger partial charge in [-0.2, -0.15) is 0 Å². The van der Waals surface area contributed by atoms with E-state index in [9.17, 15) is 24.0 Å². The van der Waals surface area contributed by atoms with E-state index in [1.54, 1.807) is 4.90 Å². The molecule has 7 aromatic carbocycles. The predicted octanol–water partition coefficient (Wildman–Crippen LogP) is 13.1. The van der Waals surface area contributed by atoms with Crippen LogP contribution in [0.1, 0.15) is 102 Å². The van der Waals surface area contributed by atoms with E-state index in [2.05, 4.69) is 0 Å². The third kappa shape index (κ3) is 13.8. The number of carbonyl (C=O) groups is 5. The van der Waals surface area contributed by atoms with E-state index in [0.717, 1.165) is 38.9 Å². The molecular formula is C64H63N3O10. The number of cyclic esters (lactones) is 2. The summed E-state index contributed by atoms with van der Waals surface area (Å²) >= 11 is 0. The van der Waals surface area contributed by atoms with Crippen LogP contribution in [0.25, 0.3) is 0 Å². The number of rotatable bonds is 20. The Bertz CT molecular complexity index is 2800. The van der Waals surface area contributed by atoms with Crippen LogP contribution in [0.5, 0.6) is 0 Å². The van der Waals surface area contributed by atoms with Crippen LogP contribution in [0.2, 0.25) is 0 Å². The van der Waals surface area contributed by atoms with Crippen LogP contribution in [0.3, 0.4) is 0 Å². The van der Waals surface area contributed by atoms with E-state index in [4.69, 9.17) is 23.7 Å². The third-order valence-electron chi connectivity index (χ3n) is 14.0. The highest BCUT2D eigenvalue weighted by atomic mass is 16.6. The molecule has 77 heavy (non-hydrogen) atoms. The summed E-state index contributed by atoms with van der Waals surface area (Å²) in [6.07, 6.45) is -1.22. The second-order valence-corrected chi connectivity index (χ2v) is 19.2. The van der Waals surface area contributed by atoms with Crippen molar-refractivity contribution in [1.29, 1.82) is 0 Å². The number of nitrogens with zero attached hydrogens (tertiary/aromatic N) is 3. The molecule has 0 radical (unpaired) electrons. The monoisotopic (exact) mass is 1030 g/mol.